The normalized spacial score (nSPS) is 12.4. The van der Waals surface area contributed by atoms with E-state index in [0.717, 1.165) is 5.56 Å². The van der Waals surface area contributed by atoms with Gasteiger partial charge in [0.15, 0.2) is 0 Å². The second kappa shape index (κ2) is 6.20. The van der Waals surface area contributed by atoms with Gasteiger partial charge >= 0.3 is 0 Å². The molecule has 18 heavy (non-hydrogen) atoms. The fraction of sp³-hybridized carbons (Fsp3) is 0.308. The molecule has 0 heterocycles. The van der Waals surface area contributed by atoms with Crippen LogP contribution in [-0.2, 0) is 16.4 Å². The van der Waals surface area contributed by atoms with Gasteiger partial charge < -0.3 is 0 Å². The summed E-state index contributed by atoms with van der Waals surface area (Å²) < 4.78 is 26.4. The molecule has 1 aromatic carbocycles. The third kappa shape index (κ3) is 3.89. The molecule has 0 bridgehead atoms. The van der Waals surface area contributed by atoms with Crippen LogP contribution >= 0.6 is 0 Å². The van der Waals surface area contributed by atoms with E-state index in [-0.39, 0.29) is 17.4 Å². The lowest BCUT2D eigenvalue weighted by atomic mass is 10.2. The smallest absolute Gasteiger partial charge is 0.207 e. The number of hydrogen-bond donors (Lipinski definition) is 1. The maximum Gasteiger partial charge on any atom is 0.240 e. The molecule has 1 rings (SSSR count). The number of nitriles is 1. The first kappa shape index (κ1) is 14.2. The van der Waals surface area contributed by atoms with Gasteiger partial charge in [-0.3, -0.25) is 0 Å². The first-order chi connectivity index (χ1) is 8.49. The zero-order valence-corrected chi connectivity index (χ0v) is 10.9. The highest BCUT2D eigenvalue weighted by molar-refractivity contribution is 7.89. The second-order valence-corrected chi connectivity index (χ2v) is 5.62. The van der Waals surface area contributed by atoms with Gasteiger partial charge in [-0.1, -0.05) is 12.1 Å². The van der Waals surface area contributed by atoms with Gasteiger partial charge in [-0.05, 0) is 24.6 Å². The van der Waals surface area contributed by atoms with E-state index in [2.05, 4.69) is 10.6 Å². The minimum absolute atomic E-state index is 0.174. The van der Waals surface area contributed by atoms with Crippen molar-refractivity contribution in [1.29, 1.82) is 5.26 Å². The monoisotopic (exact) mass is 262 g/mol. The predicted molar refractivity (Wildman–Crippen MR) is 69.0 cm³/mol. The predicted octanol–water partition coefficient (Wildman–Crippen LogP) is 1.44. The number of terminal acetylenes is 1. The first-order valence-corrected chi connectivity index (χ1v) is 6.89. The van der Waals surface area contributed by atoms with Crippen molar-refractivity contribution in [2.24, 2.45) is 0 Å². The molecule has 94 valence electrons. The Morgan fingerprint density at radius 3 is 2.50 bits per heavy atom. The summed E-state index contributed by atoms with van der Waals surface area (Å²) in [5.74, 6) is 2.40. The van der Waals surface area contributed by atoms with Crippen molar-refractivity contribution in [1.82, 2.24) is 4.72 Å². The highest BCUT2D eigenvalue weighted by Crippen LogP contribution is 2.11. The highest BCUT2D eigenvalue weighted by Gasteiger charge is 2.16. The summed E-state index contributed by atoms with van der Waals surface area (Å²) in [5, 5.41) is 8.53. The Bertz CT molecular complexity index is 577. The molecule has 0 aromatic heterocycles. The molecule has 4 nitrogen and oxygen atoms in total. The third-order valence-corrected chi connectivity index (χ3v) is 3.90. The minimum Gasteiger partial charge on any atom is -0.207 e. The Balaban J connectivity index is 2.86. The Morgan fingerprint density at radius 2 is 2.00 bits per heavy atom. The first-order valence-electron chi connectivity index (χ1n) is 5.41. The molecule has 0 saturated carbocycles. The molecule has 0 amide bonds. The fourth-order valence-corrected chi connectivity index (χ4v) is 2.67. The molecule has 0 saturated heterocycles. The van der Waals surface area contributed by atoms with Crippen molar-refractivity contribution in [2.45, 2.75) is 30.7 Å². The number of rotatable bonds is 5. The van der Waals surface area contributed by atoms with Gasteiger partial charge in [0.25, 0.3) is 0 Å². The molecular weight excluding hydrogens is 248 g/mol. The van der Waals surface area contributed by atoms with Crippen LogP contribution < -0.4 is 4.72 Å². The van der Waals surface area contributed by atoms with Crippen LogP contribution in [0.1, 0.15) is 18.9 Å². The van der Waals surface area contributed by atoms with E-state index in [9.17, 15) is 8.42 Å². The molecule has 1 aromatic rings. The molecule has 5 heteroatoms. The number of hydrogen-bond acceptors (Lipinski definition) is 3. The molecule has 0 aliphatic carbocycles. The Labute approximate surface area is 108 Å². The van der Waals surface area contributed by atoms with E-state index < -0.39 is 10.0 Å². The molecular formula is C13H14N2O2S. The van der Waals surface area contributed by atoms with Crippen LogP contribution in [0.5, 0.6) is 0 Å². The highest BCUT2D eigenvalue weighted by atomic mass is 32.2. The lowest BCUT2D eigenvalue weighted by molar-refractivity contribution is 0.563. The third-order valence-electron chi connectivity index (χ3n) is 2.30. The second-order valence-electron chi connectivity index (χ2n) is 3.91. The van der Waals surface area contributed by atoms with Gasteiger partial charge in [-0.15, -0.1) is 12.3 Å². The summed E-state index contributed by atoms with van der Waals surface area (Å²) in [5.41, 5.74) is 0.785. The largest absolute Gasteiger partial charge is 0.240 e. The van der Waals surface area contributed by atoms with Crippen molar-refractivity contribution in [3.05, 3.63) is 29.8 Å². The number of nitrogens with zero attached hydrogens (tertiary/aromatic N) is 1. The van der Waals surface area contributed by atoms with Crippen molar-refractivity contribution in [2.75, 3.05) is 0 Å². The van der Waals surface area contributed by atoms with Crippen molar-refractivity contribution >= 4 is 10.0 Å². The van der Waals surface area contributed by atoms with Crippen molar-refractivity contribution in [3.8, 4) is 18.4 Å². The zero-order chi connectivity index (χ0) is 13.6. The van der Waals surface area contributed by atoms with E-state index in [1.165, 1.54) is 12.1 Å². The van der Waals surface area contributed by atoms with Gasteiger partial charge in [0.1, 0.15) is 0 Å². The molecule has 0 aliphatic heterocycles. The Kier molecular flexibility index (Phi) is 4.91. The van der Waals surface area contributed by atoms with Crippen LogP contribution in [0.25, 0.3) is 0 Å². The average molecular weight is 262 g/mol. The van der Waals surface area contributed by atoms with E-state index >= 15 is 0 Å². The van der Waals surface area contributed by atoms with Crippen LogP contribution in [0.2, 0.25) is 0 Å². The number of benzene rings is 1. The van der Waals surface area contributed by atoms with Crippen LogP contribution in [-0.4, -0.2) is 14.5 Å². The number of nitrogens with one attached hydrogen (secondary N) is 1. The Hall–Kier alpha value is -1.82. The van der Waals surface area contributed by atoms with Crippen LogP contribution in [0.3, 0.4) is 0 Å². The molecule has 0 aliphatic rings. The fourth-order valence-electron chi connectivity index (χ4n) is 1.43. The van der Waals surface area contributed by atoms with Crippen LogP contribution in [0.4, 0.5) is 0 Å². The van der Waals surface area contributed by atoms with E-state index in [1.807, 2.05) is 6.07 Å². The zero-order valence-electron chi connectivity index (χ0n) is 10.1. The summed E-state index contributed by atoms with van der Waals surface area (Å²) in [6, 6.07) is 7.92. The van der Waals surface area contributed by atoms with Gasteiger partial charge in [0, 0.05) is 12.5 Å². The van der Waals surface area contributed by atoms with Crippen molar-refractivity contribution < 1.29 is 8.42 Å². The van der Waals surface area contributed by atoms with E-state index in [0.29, 0.717) is 6.42 Å². The summed E-state index contributed by atoms with van der Waals surface area (Å²) >= 11 is 0. The molecule has 1 unspecified atom stereocenters. The average Bonchev–Trinajstić information content (AvgIpc) is 2.29. The molecule has 0 fully saturated rings. The van der Waals surface area contributed by atoms with E-state index in [4.69, 9.17) is 11.7 Å². The van der Waals surface area contributed by atoms with Gasteiger partial charge in [0.05, 0.1) is 17.4 Å². The standard InChI is InChI=1S/C13H14N2O2S/c1-3-4-11(2)15-18(16,17)13-7-5-12(6-8-13)9-10-14/h1,5-8,11,15H,4,9H2,2H3. The minimum atomic E-state index is -3.54. The maximum absolute atomic E-state index is 11.9. The van der Waals surface area contributed by atoms with Crippen LogP contribution in [0.15, 0.2) is 29.2 Å². The van der Waals surface area contributed by atoms with Crippen LogP contribution in [0, 0.1) is 23.7 Å². The summed E-state index contributed by atoms with van der Waals surface area (Å²) in [7, 11) is -3.54. The maximum atomic E-state index is 11.9. The lowest BCUT2D eigenvalue weighted by Gasteiger charge is -2.11. The topological polar surface area (TPSA) is 70.0 Å². The Morgan fingerprint density at radius 1 is 1.39 bits per heavy atom. The lowest BCUT2D eigenvalue weighted by Crippen LogP contribution is -2.32. The summed E-state index contributed by atoms with van der Waals surface area (Å²) in [6.07, 6.45) is 5.73. The number of sulfonamides is 1. The van der Waals surface area contributed by atoms with E-state index in [1.54, 1.807) is 19.1 Å². The SMILES string of the molecule is C#CCC(C)NS(=O)(=O)c1ccc(CC#N)cc1. The molecule has 1 atom stereocenters. The molecule has 1 N–H and O–H groups in total. The quantitative estimate of drug-likeness (QED) is 0.816. The van der Waals surface area contributed by atoms with Crippen molar-refractivity contribution in [3.63, 3.8) is 0 Å². The summed E-state index contributed by atoms with van der Waals surface area (Å²) in [4.78, 5) is 0.174. The molecule has 0 spiro atoms. The summed E-state index contributed by atoms with van der Waals surface area (Å²) in [6.45, 7) is 1.71. The van der Waals surface area contributed by atoms with Gasteiger partial charge in [0.2, 0.25) is 10.0 Å². The van der Waals surface area contributed by atoms with Gasteiger partial charge in [-0.25, -0.2) is 13.1 Å². The van der Waals surface area contributed by atoms with Gasteiger partial charge in [-0.2, -0.15) is 5.26 Å². The molecule has 0 radical (unpaired) electrons.